The summed E-state index contributed by atoms with van der Waals surface area (Å²) < 4.78 is 27.4. The van der Waals surface area contributed by atoms with Crippen molar-refractivity contribution in [2.24, 2.45) is 0 Å². The average Bonchev–Trinajstić information content (AvgIpc) is 2.95. The summed E-state index contributed by atoms with van der Waals surface area (Å²) >= 11 is 7.74. The van der Waals surface area contributed by atoms with E-state index in [0.717, 1.165) is 25.7 Å². The molecule has 2 N–H and O–H groups in total. The second-order valence-electron chi connectivity index (χ2n) is 5.17. The molecule has 1 saturated carbocycles. The third kappa shape index (κ3) is 3.83. The highest BCUT2D eigenvalue weighted by Crippen LogP contribution is 2.39. The van der Waals surface area contributed by atoms with Crippen molar-refractivity contribution in [2.45, 2.75) is 35.3 Å². The third-order valence-corrected chi connectivity index (χ3v) is 6.97. The predicted octanol–water partition coefficient (Wildman–Crippen LogP) is 2.73. The largest absolute Gasteiger partial charge is 0.372 e. The molecule has 0 bridgehead atoms. The van der Waals surface area contributed by atoms with E-state index in [4.69, 9.17) is 11.6 Å². The van der Waals surface area contributed by atoms with Crippen LogP contribution >= 0.6 is 23.4 Å². The van der Waals surface area contributed by atoms with Crippen LogP contribution in [-0.2, 0) is 10.0 Å². The molecule has 0 aliphatic heterocycles. The Bertz CT molecular complexity index is 601. The van der Waals surface area contributed by atoms with Crippen LogP contribution in [0.15, 0.2) is 17.2 Å². The Morgan fingerprint density at radius 2 is 2.10 bits per heavy atom. The molecule has 1 heterocycles. The smallest absolute Gasteiger partial charge is 0.242 e. The van der Waals surface area contributed by atoms with Crippen LogP contribution in [0.5, 0.6) is 0 Å². The summed E-state index contributed by atoms with van der Waals surface area (Å²) in [4.78, 5) is 4.11. The highest BCUT2D eigenvalue weighted by molar-refractivity contribution is 8.00. The summed E-state index contributed by atoms with van der Waals surface area (Å²) in [7, 11) is -1.90. The SMILES string of the molecule is CNc1ncc(S(=O)(=O)NCC2(SC)CCCC2)cc1Cl. The zero-order valence-corrected chi connectivity index (χ0v) is 14.5. The van der Waals surface area contributed by atoms with Gasteiger partial charge in [-0.15, -0.1) is 0 Å². The minimum absolute atomic E-state index is 0.0230. The van der Waals surface area contributed by atoms with Crippen LogP contribution in [0.25, 0.3) is 0 Å². The van der Waals surface area contributed by atoms with Gasteiger partial charge in [0.25, 0.3) is 0 Å². The van der Waals surface area contributed by atoms with E-state index in [-0.39, 0.29) is 9.64 Å². The van der Waals surface area contributed by atoms with Gasteiger partial charge in [-0.3, -0.25) is 0 Å². The lowest BCUT2D eigenvalue weighted by molar-refractivity contribution is 0.551. The lowest BCUT2D eigenvalue weighted by Crippen LogP contribution is -2.38. The number of nitrogens with zero attached hydrogens (tertiary/aromatic N) is 1. The summed E-state index contributed by atoms with van der Waals surface area (Å²) in [6.45, 7) is 0.446. The van der Waals surface area contributed by atoms with Gasteiger partial charge in [0.2, 0.25) is 10.0 Å². The first-order chi connectivity index (χ1) is 9.92. The molecule has 1 fully saturated rings. The zero-order chi connectivity index (χ0) is 15.5. The van der Waals surface area contributed by atoms with E-state index in [1.54, 1.807) is 18.8 Å². The summed E-state index contributed by atoms with van der Waals surface area (Å²) in [5.41, 5.74) is 0. The second-order valence-corrected chi connectivity index (χ2v) is 8.62. The second kappa shape index (κ2) is 6.73. The van der Waals surface area contributed by atoms with E-state index >= 15 is 0 Å². The molecule has 0 amide bonds. The van der Waals surface area contributed by atoms with Crippen molar-refractivity contribution in [3.05, 3.63) is 17.3 Å². The number of hydrogen-bond acceptors (Lipinski definition) is 5. The van der Waals surface area contributed by atoms with E-state index in [0.29, 0.717) is 17.4 Å². The maximum Gasteiger partial charge on any atom is 0.242 e. The normalized spacial score (nSPS) is 17.9. The lowest BCUT2D eigenvalue weighted by Gasteiger charge is -2.26. The molecule has 0 radical (unpaired) electrons. The Kier molecular flexibility index (Phi) is 5.40. The molecule has 0 saturated heterocycles. The van der Waals surface area contributed by atoms with Crippen molar-refractivity contribution < 1.29 is 8.42 Å². The van der Waals surface area contributed by atoms with E-state index in [1.165, 1.54) is 12.3 Å². The standard InChI is InChI=1S/C13H20ClN3O2S2/c1-15-12-11(14)7-10(8-16-12)21(18,19)17-9-13(20-2)5-3-4-6-13/h7-8,17H,3-6,9H2,1-2H3,(H,15,16). The van der Waals surface area contributed by atoms with Crippen molar-refractivity contribution >= 4 is 39.2 Å². The van der Waals surface area contributed by atoms with Gasteiger partial charge < -0.3 is 5.32 Å². The number of halogens is 1. The molecule has 1 aromatic heterocycles. The van der Waals surface area contributed by atoms with Crippen molar-refractivity contribution in [3.8, 4) is 0 Å². The van der Waals surface area contributed by atoms with Gasteiger partial charge in [0, 0.05) is 24.5 Å². The average molecular weight is 350 g/mol. The Balaban J connectivity index is 2.13. The molecular weight excluding hydrogens is 330 g/mol. The summed E-state index contributed by atoms with van der Waals surface area (Å²) in [6.07, 6.45) is 7.78. The van der Waals surface area contributed by atoms with Gasteiger partial charge in [-0.05, 0) is 25.2 Å². The van der Waals surface area contributed by atoms with Crippen LogP contribution in [0.2, 0.25) is 5.02 Å². The molecule has 1 aromatic rings. The monoisotopic (exact) mass is 349 g/mol. The highest BCUT2D eigenvalue weighted by atomic mass is 35.5. The first-order valence-corrected chi connectivity index (χ1v) is 9.89. The summed E-state index contributed by atoms with van der Waals surface area (Å²) in [5.74, 6) is 0.465. The fourth-order valence-electron chi connectivity index (χ4n) is 2.53. The molecule has 0 atom stereocenters. The zero-order valence-electron chi connectivity index (χ0n) is 12.1. The minimum atomic E-state index is -3.58. The number of pyridine rings is 1. The van der Waals surface area contributed by atoms with Gasteiger partial charge in [0.05, 0.1) is 5.02 Å². The number of hydrogen-bond donors (Lipinski definition) is 2. The van der Waals surface area contributed by atoms with E-state index in [2.05, 4.69) is 15.0 Å². The molecule has 1 aliphatic rings. The van der Waals surface area contributed by atoms with E-state index in [1.807, 2.05) is 6.26 Å². The molecular formula is C13H20ClN3O2S2. The van der Waals surface area contributed by atoms with Gasteiger partial charge in [-0.1, -0.05) is 24.4 Å². The third-order valence-electron chi connectivity index (χ3n) is 3.90. The number of nitrogens with one attached hydrogen (secondary N) is 2. The minimum Gasteiger partial charge on any atom is -0.372 e. The molecule has 118 valence electrons. The van der Waals surface area contributed by atoms with E-state index < -0.39 is 10.0 Å². The Labute approximate surface area is 135 Å². The topological polar surface area (TPSA) is 71.1 Å². The number of anilines is 1. The quantitative estimate of drug-likeness (QED) is 0.826. The fourth-order valence-corrected chi connectivity index (χ4v) is 4.96. The molecule has 2 rings (SSSR count). The molecule has 0 spiro atoms. The van der Waals surface area contributed by atoms with Crippen LogP contribution in [0.3, 0.4) is 0 Å². The summed E-state index contributed by atoms with van der Waals surface area (Å²) in [6, 6.07) is 1.42. The van der Waals surface area contributed by atoms with Crippen LogP contribution < -0.4 is 10.0 Å². The highest BCUT2D eigenvalue weighted by Gasteiger charge is 2.34. The van der Waals surface area contributed by atoms with Gasteiger partial charge in [-0.2, -0.15) is 11.8 Å². The van der Waals surface area contributed by atoms with Crippen LogP contribution in [-0.4, -0.2) is 38.0 Å². The Morgan fingerprint density at radius 3 is 2.62 bits per heavy atom. The van der Waals surface area contributed by atoms with Gasteiger partial charge in [0.15, 0.2) is 0 Å². The van der Waals surface area contributed by atoms with Crippen LogP contribution in [0, 0.1) is 0 Å². The van der Waals surface area contributed by atoms with Crippen molar-refractivity contribution in [1.82, 2.24) is 9.71 Å². The van der Waals surface area contributed by atoms with Gasteiger partial charge in [0.1, 0.15) is 10.7 Å². The van der Waals surface area contributed by atoms with Crippen molar-refractivity contribution in [3.63, 3.8) is 0 Å². The molecule has 8 heteroatoms. The Morgan fingerprint density at radius 1 is 1.43 bits per heavy atom. The number of thioether (sulfide) groups is 1. The van der Waals surface area contributed by atoms with Gasteiger partial charge in [-0.25, -0.2) is 18.1 Å². The maximum absolute atomic E-state index is 12.4. The lowest BCUT2D eigenvalue weighted by atomic mass is 10.1. The number of aromatic nitrogens is 1. The Hall–Kier alpha value is -0.500. The first kappa shape index (κ1) is 16.9. The van der Waals surface area contributed by atoms with E-state index in [9.17, 15) is 8.42 Å². The van der Waals surface area contributed by atoms with Crippen LogP contribution in [0.1, 0.15) is 25.7 Å². The van der Waals surface area contributed by atoms with Crippen molar-refractivity contribution in [2.75, 3.05) is 25.2 Å². The summed E-state index contributed by atoms with van der Waals surface area (Å²) in [5, 5.41) is 3.10. The maximum atomic E-state index is 12.4. The first-order valence-electron chi connectivity index (χ1n) is 6.80. The van der Waals surface area contributed by atoms with Crippen molar-refractivity contribution in [1.29, 1.82) is 0 Å². The number of rotatable bonds is 6. The number of sulfonamides is 1. The fraction of sp³-hybridized carbons (Fsp3) is 0.615. The van der Waals surface area contributed by atoms with Gasteiger partial charge >= 0.3 is 0 Å². The molecule has 5 nitrogen and oxygen atoms in total. The molecule has 0 unspecified atom stereocenters. The molecule has 21 heavy (non-hydrogen) atoms. The van der Waals surface area contributed by atoms with Crippen LogP contribution in [0.4, 0.5) is 5.82 Å². The molecule has 0 aromatic carbocycles. The molecule has 1 aliphatic carbocycles. The predicted molar refractivity (Wildman–Crippen MR) is 88.7 cm³/mol.